The SMILES string of the molecule is COC(=O)[C@@H]1COC(=O)c2ccc(cc2)C(CC(=O)Nc2cccc3cccnc23)CCCCC(=O)N[C@@H](Cc2ccccc2)C(=O)NCC(=O)N1. The van der Waals surface area contributed by atoms with Crippen LogP contribution in [0.15, 0.2) is 91.1 Å². The number of hydrogen-bond donors (Lipinski definition) is 4. The van der Waals surface area contributed by atoms with Crippen molar-refractivity contribution in [2.45, 2.75) is 56.5 Å². The number of anilines is 1. The Bertz CT molecular complexity index is 1890. The molecule has 6 rings (SSSR count). The van der Waals surface area contributed by atoms with E-state index in [0.717, 1.165) is 23.6 Å². The van der Waals surface area contributed by atoms with Crippen molar-refractivity contribution in [1.82, 2.24) is 20.9 Å². The van der Waals surface area contributed by atoms with Gasteiger partial charge in [0.05, 0.1) is 30.4 Å². The standard InChI is InChI=1S/C39H41N5O8/c1-51-39(50)32-24-52-38(49)28-18-16-26(17-19-28)29(22-34(46)42-30-14-7-12-27-13-8-20-40-36(27)30)11-5-6-15-33(45)43-31(21-25-9-3-2-4-10-25)37(48)41-23-35(47)44-32/h2-4,7-10,12-14,16-20,29,31-32H,5-6,11,15,21-24H2,1H3,(H,41,48)(H,42,46)(H,43,45)(H,44,47)/t29?,31-,32-/m0/s1. The van der Waals surface area contributed by atoms with Crippen LogP contribution < -0.4 is 21.3 Å². The third kappa shape index (κ3) is 10.5. The molecule has 3 aromatic carbocycles. The van der Waals surface area contributed by atoms with Gasteiger partial charge in [-0.1, -0.05) is 67.1 Å². The lowest BCUT2D eigenvalue weighted by Gasteiger charge is -2.20. The number of rotatable bonds is 6. The molecule has 4 aromatic rings. The highest BCUT2D eigenvalue weighted by atomic mass is 16.5. The van der Waals surface area contributed by atoms with Crippen LogP contribution in [-0.2, 0) is 39.9 Å². The van der Waals surface area contributed by atoms with Crippen LogP contribution >= 0.6 is 0 Å². The number of aromatic nitrogens is 1. The second-order valence-corrected chi connectivity index (χ2v) is 12.5. The predicted molar refractivity (Wildman–Crippen MR) is 192 cm³/mol. The molecule has 2 aliphatic heterocycles. The van der Waals surface area contributed by atoms with Crippen molar-refractivity contribution < 1.29 is 38.2 Å². The number of nitrogens with zero attached hydrogens (tertiary/aromatic N) is 1. The first-order valence-corrected chi connectivity index (χ1v) is 17.1. The molecule has 0 radical (unpaired) electrons. The smallest absolute Gasteiger partial charge is 0.338 e. The number of carbonyl (C=O) groups excluding carboxylic acids is 6. The van der Waals surface area contributed by atoms with Crippen molar-refractivity contribution in [2.24, 2.45) is 0 Å². The van der Waals surface area contributed by atoms with E-state index in [4.69, 9.17) is 9.47 Å². The summed E-state index contributed by atoms with van der Waals surface area (Å²) in [5, 5.41) is 11.6. The summed E-state index contributed by atoms with van der Waals surface area (Å²) < 4.78 is 10.1. The molecular formula is C39H41N5O8. The van der Waals surface area contributed by atoms with Crippen molar-refractivity contribution in [2.75, 3.05) is 25.6 Å². The Morgan fingerprint density at radius 2 is 1.65 bits per heavy atom. The number of carbonyl (C=O) groups is 6. The van der Waals surface area contributed by atoms with Gasteiger partial charge >= 0.3 is 11.9 Å². The molecule has 0 fully saturated rings. The Morgan fingerprint density at radius 3 is 2.42 bits per heavy atom. The number of methoxy groups -OCH3 is 1. The largest absolute Gasteiger partial charge is 0.467 e. The number of esters is 2. The summed E-state index contributed by atoms with van der Waals surface area (Å²) in [6.45, 7) is -1.03. The number of fused-ring (bicyclic) bond motifs is 19. The molecule has 0 spiro atoms. The highest BCUT2D eigenvalue weighted by Crippen LogP contribution is 2.28. The zero-order valence-corrected chi connectivity index (χ0v) is 28.8. The predicted octanol–water partition coefficient (Wildman–Crippen LogP) is 3.58. The molecule has 2 bridgehead atoms. The van der Waals surface area contributed by atoms with Crippen LogP contribution in [0.5, 0.6) is 0 Å². The first-order chi connectivity index (χ1) is 25.2. The van der Waals surface area contributed by atoms with E-state index >= 15 is 0 Å². The van der Waals surface area contributed by atoms with Gasteiger partial charge in [-0.25, -0.2) is 9.59 Å². The van der Waals surface area contributed by atoms with E-state index in [1.54, 1.807) is 36.5 Å². The van der Waals surface area contributed by atoms with E-state index in [-0.39, 0.29) is 42.6 Å². The van der Waals surface area contributed by atoms with Gasteiger partial charge in [0.2, 0.25) is 23.6 Å². The van der Waals surface area contributed by atoms with Crippen LogP contribution in [-0.4, -0.2) is 72.9 Å². The Labute approximate surface area is 300 Å². The van der Waals surface area contributed by atoms with Gasteiger partial charge in [-0.05, 0) is 54.2 Å². The van der Waals surface area contributed by atoms with E-state index in [1.165, 1.54) is 0 Å². The quantitative estimate of drug-likeness (QED) is 0.172. The normalized spacial score (nSPS) is 19.3. The Kier molecular flexibility index (Phi) is 13.0. The third-order valence-corrected chi connectivity index (χ3v) is 8.72. The van der Waals surface area contributed by atoms with Crippen LogP contribution in [0.4, 0.5) is 5.69 Å². The van der Waals surface area contributed by atoms with Crippen LogP contribution in [0.2, 0.25) is 0 Å². The van der Waals surface area contributed by atoms with Crippen molar-refractivity contribution >= 4 is 52.2 Å². The Hall–Kier alpha value is -6.11. The second kappa shape index (κ2) is 18.2. The van der Waals surface area contributed by atoms with Crippen LogP contribution in [0.25, 0.3) is 10.9 Å². The molecule has 52 heavy (non-hydrogen) atoms. The molecule has 0 saturated carbocycles. The van der Waals surface area contributed by atoms with Crippen LogP contribution in [0.3, 0.4) is 0 Å². The summed E-state index contributed by atoms with van der Waals surface area (Å²) in [5.41, 5.74) is 3.07. The molecule has 2 aliphatic rings. The van der Waals surface area contributed by atoms with Crippen LogP contribution in [0.1, 0.15) is 59.5 Å². The number of pyridine rings is 1. The highest BCUT2D eigenvalue weighted by molar-refractivity contribution is 6.00. The number of nitrogens with one attached hydrogen (secondary N) is 4. The van der Waals surface area contributed by atoms with E-state index in [9.17, 15) is 28.8 Å². The average molecular weight is 708 g/mol. The zero-order chi connectivity index (χ0) is 36.9. The monoisotopic (exact) mass is 707 g/mol. The van der Waals surface area contributed by atoms with Gasteiger partial charge in [0.25, 0.3) is 0 Å². The second-order valence-electron chi connectivity index (χ2n) is 12.5. The lowest BCUT2D eigenvalue weighted by Crippen LogP contribution is -2.52. The maximum absolute atomic E-state index is 13.4. The number of amides is 4. The molecule has 270 valence electrons. The zero-order valence-electron chi connectivity index (χ0n) is 28.8. The molecule has 13 heteroatoms. The third-order valence-electron chi connectivity index (χ3n) is 8.72. The number of para-hydroxylation sites is 1. The Balaban J connectivity index is 1.35. The molecule has 3 heterocycles. The van der Waals surface area contributed by atoms with Gasteiger partial charge in [-0.3, -0.25) is 24.2 Å². The number of benzene rings is 3. The van der Waals surface area contributed by atoms with E-state index in [2.05, 4.69) is 26.3 Å². The molecule has 4 N–H and O–H groups in total. The first-order valence-electron chi connectivity index (χ1n) is 17.1. The topological polar surface area (TPSA) is 182 Å². The van der Waals surface area contributed by atoms with Crippen molar-refractivity contribution in [3.05, 3.63) is 108 Å². The Morgan fingerprint density at radius 1 is 0.885 bits per heavy atom. The molecule has 4 amide bonds. The summed E-state index contributed by atoms with van der Waals surface area (Å²) in [6, 6.07) is 22.7. The maximum atomic E-state index is 13.4. The fourth-order valence-corrected chi connectivity index (χ4v) is 6.00. The summed E-state index contributed by atoms with van der Waals surface area (Å²) in [4.78, 5) is 82.3. The van der Waals surface area contributed by atoms with Gasteiger partial charge in [0.15, 0.2) is 6.04 Å². The van der Waals surface area contributed by atoms with Gasteiger partial charge in [0.1, 0.15) is 12.6 Å². The molecule has 3 atom stereocenters. The van der Waals surface area contributed by atoms with E-state index in [1.807, 2.05) is 54.6 Å². The molecule has 0 aliphatic carbocycles. The lowest BCUT2D eigenvalue weighted by molar-refractivity contribution is -0.146. The summed E-state index contributed by atoms with van der Waals surface area (Å²) in [7, 11) is 1.13. The van der Waals surface area contributed by atoms with E-state index in [0.29, 0.717) is 30.5 Å². The lowest BCUT2D eigenvalue weighted by atomic mass is 9.89. The van der Waals surface area contributed by atoms with Crippen molar-refractivity contribution in [3.8, 4) is 0 Å². The molecular weight excluding hydrogens is 666 g/mol. The van der Waals surface area contributed by atoms with Gasteiger partial charge in [-0.2, -0.15) is 0 Å². The number of ether oxygens (including phenoxy) is 2. The first kappa shape index (κ1) is 37.2. The minimum Gasteiger partial charge on any atom is -0.467 e. The van der Waals surface area contributed by atoms with Crippen molar-refractivity contribution in [3.63, 3.8) is 0 Å². The van der Waals surface area contributed by atoms with Gasteiger partial charge in [-0.15, -0.1) is 0 Å². The molecule has 1 unspecified atom stereocenters. The van der Waals surface area contributed by atoms with Crippen molar-refractivity contribution in [1.29, 1.82) is 0 Å². The average Bonchev–Trinajstić information content (AvgIpc) is 3.16. The summed E-state index contributed by atoms with van der Waals surface area (Å²) in [6.07, 6.45) is 3.73. The molecule has 1 aromatic heterocycles. The summed E-state index contributed by atoms with van der Waals surface area (Å²) >= 11 is 0. The maximum Gasteiger partial charge on any atom is 0.338 e. The van der Waals surface area contributed by atoms with Gasteiger partial charge in [0, 0.05) is 30.8 Å². The fraction of sp³-hybridized carbons (Fsp3) is 0.308. The fourth-order valence-electron chi connectivity index (χ4n) is 6.00. The van der Waals surface area contributed by atoms with E-state index < -0.39 is 49.0 Å². The molecule has 0 saturated heterocycles. The van der Waals surface area contributed by atoms with Crippen LogP contribution in [0, 0.1) is 0 Å². The number of hydrogen-bond acceptors (Lipinski definition) is 9. The highest BCUT2D eigenvalue weighted by Gasteiger charge is 2.26. The minimum absolute atomic E-state index is 0.124. The minimum atomic E-state index is -1.34. The summed E-state index contributed by atoms with van der Waals surface area (Å²) in [5.74, 6) is -3.73. The van der Waals surface area contributed by atoms with Gasteiger partial charge < -0.3 is 30.7 Å². The molecule has 13 nitrogen and oxygen atoms in total.